The van der Waals surface area contributed by atoms with Gasteiger partial charge in [-0.15, -0.1) is 11.8 Å². The first kappa shape index (κ1) is 13.8. The molecule has 2 rings (SSSR count). The van der Waals surface area contributed by atoms with Crippen molar-refractivity contribution in [3.63, 3.8) is 0 Å². The number of thioether (sulfide) groups is 1. The number of para-hydroxylation sites is 1. The van der Waals surface area contributed by atoms with Crippen molar-refractivity contribution in [2.75, 3.05) is 18.1 Å². The standard InChI is InChI=1S/C16H19NOS/c1-13-12-15(8-9-16(13)17)19-11-5-10-18-14-6-3-2-4-7-14/h2-4,6-9,12H,5,10-11,17H2,1H3. The third kappa shape index (κ3) is 4.52. The first-order valence-electron chi connectivity index (χ1n) is 6.42. The van der Waals surface area contributed by atoms with Crippen molar-refractivity contribution < 1.29 is 4.74 Å². The van der Waals surface area contributed by atoms with E-state index >= 15 is 0 Å². The lowest BCUT2D eigenvalue weighted by molar-refractivity contribution is 0.319. The zero-order valence-electron chi connectivity index (χ0n) is 11.1. The molecule has 0 bridgehead atoms. The molecule has 0 aliphatic rings. The summed E-state index contributed by atoms with van der Waals surface area (Å²) in [6.45, 7) is 2.79. The van der Waals surface area contributed by atoms with Crippen molar-refractivity contribution >= 4 is 17.4 Å². The number of anilines is 1. The summed E-state index contributed by atoms with van der Waals surface area (Å²) in [6.07, 6.45) is 1.03. The molecule has 0 saturated carbocycles. The number of nitrogens with two attached hydrogens (primary N) is 1. The first-order chi connectivity index (χ1) is 9.25. The van der Waals surface area contributed by atoms with Gasteiger partial charge < -0.3 is 10.5 Å². The molecule has 0 aromatic heterocycles. The van der Waals surface area contributed by atoms with Crippen molar-refractivity contribution in [3.05, 3.63) is 54.1 Å². The SMILES string of the molecule is Cc1cc(SCCCOc2ccccc2)ccc1N. The van der Waals surface area contributed by atoms with Gasteiger partial charge in [0.15, 0.2) is 0 Å². The van der Waals surface area contributed by atoms with Crippen LogP contribution < -0.4 is 10.5 Å². The van der Waals surface area contributed by atoms with E-state index in [1.807, 2.05) is 55.1 Å². The monoisotopic (exact) mass is 273 g/mol. The van der Waals surface area contributed by atoms with E-state index in [9.17, 15) is 0 Å². The summed E-state index contributed by atoms with van der Waals surface area (Å²) in [6, 6.07) is 16.1. The van der Waals surface area contributed by atoms with Crippen LogP contribution in [0.1, 0.15) is 12.0 Å². The van der Waals surface area contributed by atoms with Gasteiger partial charge in [0.2, 0.25) is 0 Å². The molecule has 0 heterocycles. The summed E-state index contributed by atoms with van der Waals surface area (Å²) in [5.41, 5.74) is 7.80. The lowest BCUT2D eigenvalue weighted by Gasteiger charge is -2.07. The molecular formula is C16H19NOS. The van der Waals surface area contributed by atoms with Gasteiger partial charge in [0.25, 0.3) is 0 Å². The maximum atomic E-state index is 5.80. The van der Waals surface area contributed by atoms with Crippen LogP contribution in [0.15, 0.2) is 53.4 Å². The number of benzene rings is 2. The van der Waals surface area contributed by atoms with Crippen LogP contribution in [-0.2, 0) is 0 Å². The zero-order valence-corrected chi connectivity index (χ0v) is 12.0. The number of ether oxygens (including phenoxy) is 1. The summed E-state index contributed by atoms with van der Waals surface area (Å²) in [5.74, 6) is 1.99. The second-order valence-electron chi connectivity index (χ2n) is 4.38. The Kier molecular flexibility index (Phi) is 5.16. The van der Waals surface area contributed by atoms with Gasteiger partial charge >= 0.3 is 0 Å². The highest BCUT2D eigenvalue weighted by molar-refractivity contribution is 7.99. The molecule has 0 atom stereocenters. The number of aryl methyl sites for hydroxylation is 1. The molecule has 0 aliphatic carbocycles. The topological polar surface area (TPSA) is 35.2 Å². The Hall–Kier alpha value is -1.61. The minimum atomic E-state index is 0.755. The molecule has 2 N–H and O–H groups in total. The second-order valence-corrected chi connectivity index (χ2v) is 5.55. The molecule has 3 heteroatoms. The van der Waals surface area contributed by atoms with Crippen LogP contribution in [0.5, 0.6) is 5.75 Å². The highest BCUT2D eigenvalue weighted by Gasteiger charge is 1.98. The predicted molar refractivity (Wildman–Crippen MR) is 82.9 cm³/mol. The molecule has 0 amide bonds. The van der Waals surface area contributed by atoms with Gasteiger partial charge in [-0.05, 0) is 49.2 Å². The van der Waals surface area contributed by atoms with Crippen LogP contribution in [0.25, 0.3) is 0 Å². The van der Waals surface area contributed by atoms with Crippen molar-refractivity contribution in [3.8, 4) is 5.75 Å². The Balaban J connectivity index is 1.68. The van der Waals surface area contributed by atoms with E-state index in [1.54, 1.807) is 0 Å². The van der Waals surface area contributed by atoms with Crippen LogP contribution in [0.2, 0.25) is 0 Å². The minimum Gasteiger partial charge on any atom is -0.494 e. The lowest BCUT2D eigenvalue weighted by Crippen LogP contribution is -1.98. The van der Waals surface area contributed by atoms with Crippen LogP contribution in [0, 0.1) is 6.92 Å². The quantitative estimate of drug-likeness (QED) is 0.488. The Morgan fingerprint density at radius 1 is 1.11 bits per heavy atom. The third-order valence-corrected chi connectivity index (χ3v) is 3.89. The van der Waals surface area contributed by atoms with E-state index in [4.69, 9.17) is 10.5 Å². The van der Waals surface area contributed by atoms with Crippen LogP contribution in [0.3, 0.4) is 0 Å². The molecule has 0 radical (unpaired) electrons. The normalized spacial score (nSPS) is 10.4. The van der Waals surface area contributed by atoms with E-state index in [1.165, 1.54) is 4.90 Å². The number of hydrogen-bond donors (Lipinski definition) is 1. The van der Waals surface area contributed by atoms with E-state index < -0.39 is 0 Å². The highest BCUT2D eigenvalue weighted by Crippen LogP contribution is 2.23. The van der Waals surface area contributed by atoms with Crippen molar-refractivity contribution in [1.82, 2.24) is 0 Å². The largest absolute Gasteiger partial charge is 0.494 e. The van der Waals surface area contributed by atoms with E-state index in [0.717, 1.165) is 35.8 Å². The van der Waals surface area contributed by atoms with Crippen LogP contribution in [-0.4, -0.2) is 12.4 Å². The predicted octanol–water partition coefficient (Wildman–Crippen LogP) is 4.14. The van der Waals surface area contributed by atoms with E-state index in [2.05, 4.69) is 12.1 Å². The second kappa shape index (κ2) is 7.10. The highest BCUT2D eigenvalue weighted by atomic mass is 32.2. The van der Waals surface area contributed by atoms with Crippen LogP contribution >= 0.6 is 11.8 Å². The molecule has 0 fully saturated rings. The smallest absolute Gasteiger partial charge is 0.119 e. The zero-order chi connectivity index (χ0) is 13.5. The van der Waals surface area contributed by atoms with Gasteiger partial charge in [-0.2, -0.15) is 0 Å². The molecule has 2 aromatic rings. The summed E-state index contributed by atoms with van der Waals surface area (Å²) in [7, 11) is 0. The van der Waals surface area contributed by atoms with Gasteiger partial charge in [-0.25, -0.2) is 0 Å². The minimum absolute atomic E-state index is 0.755. The molecule has 19 heavy (non-hydrogen) atoms. The first-order valence-corrected chi connectivity index (χ1v) is 7.41. The maximum absolute atomic E-state index is 5.80. The van der Waals surface area contributed by atoms with Gasteiger partial charge in [-0.3, -0.25) is 0 Å². The molecule has 0 spiro atoms. The number of hydrogen-bond acceptors (Lipinski definition) is 3. The van der Waals surface area contributed by atoms with Crippen molar-refractivity contribution in [1.29, 1.82) is 0 Å². The van der Waals surface area contributed by atoms with Crippen molar-refractivity contribution in [2.45, 2.75) is 18.2 Å². The molecule has 2 aromatic carbocycles. The van der Waals surface area contributed by atoms with Gasteiger partial charge in [0, 0.05) is 16.3 Å². The molecule has 2 nitrogen and oxygen atoms in total. The molecule has 100 valence electrons. The Labute approximate surface area is 119 Å². The Bertz CT molecular complexity index is 513. The average molecular weight is 273 g/mol. The van der Waals surface area contributed by atoms with Crippen molar-refractivity contribution in [2.24, 2.45) is 0 Å². The fraction of sp³-hybridized carbons (Fsp3) is 0.250. The maximum Gasteiger partial charge on any atom is 0.119 e. The number of nitrogen functional groups attached to an aromatic ring is 1. The van der Waals surface area contributed by atoms with E-state index in [-0.39, 0.29) is 0 Å². The van der Waals surface area contributed by atoms with Crippen LogP contribution in [0.4, 0.5) is 5.69 Å². The molecule has 0 unspecified atom stereocenters. The van der Waals surface area contributed by atoms with Gasteiger partial charge in [0.1, 0.15) is 5.75 Å². The number of rotatable bonds is 6. The molecule has 0 aliphatic heterocycles. The lowest BCUT2D eigenvalue weighted by atomic mass is 10.2. The summed E-state index contributed by atoms with van der Waals surface area (Å²) in [4.78, 5) is 1.27. The van der Waals surface area contributed by atoms with Gasteiger partial charge in [-0.1, -0.05) is 18.2 Å². The summed E-state index contributed by atoms with van der Waals surface area (Å²) in [5, 5.41) is 0. The summed E-state index contributed by atoms with van der Waals surface area (Å²) < 4.78 is 5.65. The average Bonchev–Trinajstić information content (AvgIpc) is 2.43. The summed E-state index contributed by atoms with van der Waals surface area (Å²) >= 11 is 1.84. The fourth-order valence-corrected chi connectivity index (χ4v) is 2.62. The fourth-order valence-electron chi connectivity index (χ4n) is 1.69. The Morgan fingerprint density at radius 2 is 1.89 bits per heavy atom. The van der Waals surface area contributed by atoms with Gasteiger partial charge in [0.05, 0.1) is 6.61 Å². The molecular weight excluding hydrogens is 254 g/mol. The third-order valence-electron chi connectivity index (χ3n) is 2.81. The Morgan fingerprint density at radius 3 is 2.63 bits per heavy atom. The molecule has 0 saturated heterocycles. The van der Waals surface area contributed by atoms with E-state index in [0.29, 0.717) is 0 Å².